The van der Waals surface area contributed by atoms with Crippen molar-refractivity contribution in [3.05, 3.63) is 55.6 Å². The van der Waals surface area contributed by atoms with E-state index in [1.807, 2.05) is 0 Å². The van der Waals surface area contributed by atoms with Gasteiger partial charge in [0, 0.05) is 5.56 Å². The maximum atomic E-state index is 12.0. The van der Waals surface area contributed by atoms with Crippen molar-refractivity contribution in [2.24, 2.45) is 0 Å². The first-order chi connectivity index (χ1) is 8.99. The number of nitrogens with zero attached hydrogens (tertiary/aromatic N) is 3. The molecule has 0 unspecified atom stereocenters. The van der Waals surface area contributed by atoms with E-state index in [0.29, 0.717) is 10.6 Å². The summed E-state index contributed by atoms with van der Waals surface area (Å²) >= 11 is 8.92. The molecule has 0 saturated carbocycles. The first kappa shape index (κ1) is 13.7. The molecule has 0 spiro atoms. The first-order valence-corrected chi connectivity index (χ1v) is 6.31. The van der Waals surface area contributed by atoms with Crippen LogP contribution < -0.4 is 0 Å². The van der Waals surface area contributed by atoms with Crippen molar-refractivity contribution in [2.45, 2.75) is 6.54 Å². The second-order valence-electron chi connectivity index (χ2n) is 3.66. The summed E-state index contributed by atoms with van der Waals surface area (Å²) < 4.78 is 1.43. The molecule has 1 aromatic carbocycles. The van der Waals surface area contributed by atoms with Crippen LogP contribution in [0.2, 0.25) is 5.02 Å². The van der Waals surface area contributed by atoms with Gasteiger partial charge >= 0.3 is 5.82 Å². The van der Waals surface area contributed by atoms with Gasteiger partial charge in [0.2, 0.25) is 0 Å². The number of ketones is 1. The molecule has 0 aliphatic heterocycles. The molecule has 0 amide bonds. The summed E-state index contributed by atoms with van der Waals surface area (Å²) in [5.74, 6) is -0.595. The van der Waals surface area contributed by atoms with Gasteiger partial charge < -0.3 is 10.1 Å². The Labute approximate surface area is 121 Å². The molecule has 6 nitrogen and oxygen atoms in total. The zero-order valence-electron chi connectivity index (χ0n) is 9.42. The van der Waals surface area contributed by atoms with Gasteiger partial charge in [-0.1, -0.05) is 23.7 Å². The minimum atomic E-state index is -0.624. The molecule has 2 rings (SSSR count). The zero-order valence-corrected chi connectivity index (χ0v) is 11.8. The SMILES string of the molecule is O=C(Cn1cc(Br)c([N+](=O)[O-])n1)c1ccccc1Cl. The molecule has 0 aliphatic carbocycles. The van der Waals surface area contributed by atoms with Crippen molar-refractivity contribution in [1.29, 1.82) is 0 Å². The number of rotatable bonds is 4. The smallest absolute Gasteiger partial charge is 0.358 e. The highest BCUT2D eigenvalue weighted by Crippen LogP contribution is 2.22. The van der Waals surface area contributed by atoms with Crippen LogP contribution in [-0.4, -0.2) is 20.5 Å². The summed E-state index contributed by atoms with van der Waals surface area (Å²) in [6.07, 6.45) is 1.38. The van der Waals surface area contributed by atoms with Crippen LogP contribution in [0.3, 0.4) is 0 Å². The topological polar surface area (TPSA) is 78.0 Å². The summed E-state index contributed by atoms with van der Waals surface area (Å²) in [4.78, 5) is 22.0. The molecule has 0 N–H and O–H groups in total. The van der Waals surface area contributed by atoms with E-state index in [9.17, 15) is 14.9 Å². The second-order valence-corrected chi connectivity index (χ2v) is 4.92. The van der Waals surface area contributed by atoms with Crippen molar-refractivity contribution >= 4 is 39.1 Å². The fourth-order valence-electron chi connectivity index (χ4n) is 1.51. The van der Waals surface area contributed by atoms with Gasteiger partial charge in [-0.2, -0.15) is 4.68 Å². The number of halogens is 2. The lowest BCUT2D eigenvalue weighted by molar-refractivity contribution is -0.390. The van der Waals surface area contributed by atoms with E-state index in [0.717, 1.165) is 0 Å². The van der Waals surface area contributed by atoms with Crippen molar-refractivity contribution < 1.29 is 9.72 Å². The monoisotopic (exact) mass is 343 g/mol. The minimum absolute atomic E-state index is 0.115. The average Bonchev–Trinajstić information content (AvgIpc) is 2.70. The molecule has 0 saturated heterocycles. The quantitative estimate of drug-likeness (QED) is 0.485. The van der Waals surface area contributed by atoms with Crippen LogP contribution in [0.5, 0.6) is 0 Å². The number of carbonyl (C=O) groups is 1. The number of hydrogen-bond donors (Lipinski definition) is 0. The Morgan fingerprint density at radius 3 is 2.74 bits per heavy atom. The normalized spacial score (nSPS) is 10.4. The zero-order chi connectivity index (χ0) is 14.0. The Morgan fingerprint density at radius 2 is 2.16 bits per heavy atom. The molecule has 98 valence electrons. The number of benzene rings is 1. The molecule has 1 heterocycles. The third-order valence-electron chi connectivity index (χ3n) is 2.35. The fraction of sp³-hybridized carbons (Fsp3) is 0.0909. The van der Waals surface area contributed by atoms with E-state index in [4.69, 9.17) is 11.6 Å². The summed E-state index contributed by atoms with van der Waals surface area (Å²) in [5, 5.41) is 14.7. The molecule has 0 bridgehead atoms. The lowest BCUT2D eigenvalue weighted by Crippen LogP contribution is -2.11. The van der Waals surface area contributed by atoms with Gasteiger partial charge in [-0.15, -0.1) is 0 Å². The third kappa shape index (κ3) is 2.99. The molecule has 19 heavy (non-hydrogen) atoms. The maximum absolute atomic E-state index is 12.0. The van der Waals surface area contributed by atoms with Crippen molar-refractivity contribution in [3.63, 3.8) is 0 Å². The van der Waals surface area contributed by atoms with Crippen LogP contribution in [0.15, 0.2) is 34.9 Å². The van der Waals surface area contributed by atoms with Crippen LogP contribution >= 0.6 is 27.5 Å². The molecular formula is C11H7BrClN3O3. The number of aromatic nitrogens is 2. The Morgan fingerprint density at radius 1 is 1.47 bits per heavy atom. The van der Waals surface area contributed by atoms with Crippen molar-refractivity contribution in [2.75, 3.05) is 0 Å². The second kappa shape index (κ2) is 5.50. The van der Waals surface area contributed by atoms with Crippen LogP contribution in [0.1, 0.15) is 10.4 Å². The summed E-state index contributed by atoms with van der Waals surface area (Å²) in [6, 6.07) is 6.61. The maximum Gasteiger partial charge on any atom is 0.404 e. The Bertz CT molecular complexity index is 656. The first-order valence-electron chi connectivity index (χ1n) is 5.14. The Kier molecular flexibility index (Phi) is 3.96. The van der Waals surface area contributed by atoms with Gasteiger partial charge in [-0.3, -0.25) is 4.79 Å². The van der Waals surface area contributed by atoms with E-state index >= 15 is 0 Å². The Balaban J connectivity index is 2.22. The highest BCUT2D eigenvalue weighted by molar-refractivity contribution is 9.10. The number of nitro groups is 1. The van der Waals surface area contributed by atoms with E-state index in [1.54, 1.807) is 24.3 Å². The van der Waals surface area contributed by atoms with E-state index < -0.39 is 4.92 Å². The molecule has 8 heteroatoms. The average molecular weight is 345 g/mol. The summed E-state index contributed by atoms with van der Waals surface area (Å²) in [5.41, 5.74) is 0.360. The standard InChI is InChI=1S/C11H7BrClN3O3/c12-8-5-15(14-11(8)16(18)19)6-10(17)7-3-1-2-4-9(7)13/h1-5H,6H2. The van der Waals surface area contributed by atoms with Gasteiger partial charge in [0.15, 0.2) is 5.78 Å². The molecule has 0 atom stereocenters. The van der Waals surface area contributed by atoms with E-state index in [2.05, 4.69) is 21.0 Å². The predicted octanol–water partition coefficient (Wildman–Crippen LogP) is 3.09. The molecular weight excluding hydrogens is 337 g/mol. The minimum Gasteiger partial charge on any atom is -0.358 e. The number of Topliss-reactive ketones (excluding diaryl/α,β-unsaturated/α-hetero) is 1. The van der Waals surface area contributed by atoms with Gasteiger partial charge in [0.1, 0.15) is 11.0 Å². The lowest BCUT2D eigenvalue weighted by Gasteiger charge is -2.01. The van der Waals surface area contributed by atoms with Crippen molar-refractivity contribution in [3.8, 4) is 0 Å². The Hall–Kier alpha value is -1.73. The van der Waals surface area contributed by atoms with E-state index in [1.165, 1.54) is 10.9 Å². The molecule has 2 aromatic rings. The number of hydrogen-bond acceptors (Lipinski definition) is 4. The number of carbonyl (C=O) groups excluding carboxylic acids is 1. The van der Waals surface area contributed by atoms with Crippen LogP contribution in [0, 0.1) is 10.1 Å². The van der Waals surface area contributed by atoms with E-state index in [-0.39, 0.29) is 22.6 Å². The van der Waals surface area contributed by atoms with Gasteiger partial charge in [0.25, 0.3) is 0 Å². The summed E-state index contributed by atoms with van der Waals surface area (Å²) in [6.45, 7) is -0.115. The summed E-state index contributed by atoms with van der Waals surface area (Å²) in [7, 11) is 0. The van der Waals surface area contributed by atoms with Crippen molar-refractivity contribution in [1.82, 2.24) is 9.78 Å². The highest BCUT2D eigenvalue weighted by atomic mass is 79.9. The molecule has 0 aliphatic rings. The largest absolute Gasteiger partial charge is 0.404 e. The predicted molar refractivity (Wildman–Crippen MR) is 72.4 cm³/mol. The highest BCUT2D eigenvalue weighted by Gasteiger charge is 2.20. The van der Waals surface area contributed by atoms with Gasteiger partial charge in [0.05, 0.1) is 16.3 Å². The molecule has 0 radical (unpaired) electrons. The third-order valence-corrected chi connectivity index (χ3v) is 3.24. The van der Waals surface area contributed by atoms with Crippen LogP contribution in [0.25, 0.3) is 0 Å². The van der Waals surface area contributed by atoms with Gasteiger partial charge in [-0.05, 0) is 33.0 Å². The molecule has 1 aromatic heterocycles. The van der Waals surface area contributed by atoms with Crippen LogP contribution in [0.4, 0.5) is 5.82 Å². The fourth-order valence-corrected chi connectivity index (χ4v) is 2.21. The van der Waals surface area contributed by atoms with Crippen LogP contribution in [-0.2, 0) is 6.54 Å². The molecule has 0 fully saturated rings. The lowest BCUT2D eigenvalue weighted by atomic mass is 10.1. The van der Waals surface area contributed by atoms with Gasteiger partial charge in [-0.25, -0.2) is 0 Å².